The summed E-state index contributed by atoms with van der Waals surface area (Å²) in [4.78, 5) is 10.9. The molecule has 1 saturated heterocycles. The van der Waals surface area contributed by atoms with E-state index in [1.165, 1.54) is 5.56 Å². The Labute approximate surface area is 163 Å². The predicted octanol–water partition coefficient (Wildman–Crippen LogP) is 1.30. The Morgan fingerprint density at radius 1 is 1.14 bits per heavy atom. The standard InChI is InChI=1S/C20H23N7O/c21-18-23-17-11-20(16-7-4-10-28-16,25-27(17)19(22)24-18)15-8-9-26(13-15)12-14-5-2-1-3-6-14/h1-7,10-11,15,25H,8-9,12-13H2,(H4,21,22,23,24). The molecule has 0 bridgehead atoms. The molecule has 1 fully saturated rings. The van der Waals surface area contributed by atoms with Gasteiger partial charge in [0.25, 0.3) is 0 Å². The first-order valence-corrected chi connectivity index (χ1v) is 9.43. The zero-order chi connectivity index (χ0) is 19.1. The van der Waals surface area contributed by atoms with E-state index in [4.69, 9.17) is 15.9 Å². The van der Waals surface area contributed by atoms with E-state index in [9.17, 15) is 0 Å². The predicted molar refractivity (Wildman–Crippen MR) is 107 cm³/mol. The highest BCUT2D eigenvalue weighted by atomic mass is 16.3. The maximum atomic E-state index is 6.08. The smallest absolute Gasteiger partial charge is 0.225 e. The van der Waals surface area contributed by atoms with E-state index in [0.29, 0.717) is 5.82 Å². The van der Waals surface area contributed by atoms with Gasteiger partial charge in [-0.15, -0.1) is 0 Å². The van der Waals surface area contributed by atoms with Crippen LogP contribution in [0.2, 0.25) is 0 Å². The third-order valence-corrected chi connectivity index (χ3v) is 5.66. The second-order valence-corrected chi connectivity index (χ2v) is 7.44. The lowest BCUT2D eigenvalue weighted by molar-refractivity contribution is 0.174. The monoisotopic (exact) mass is 377 g/mol. The normalized spacial score (nSPS) is 27.4. The number of aliphatic imine (C=N–C) groups is 2. The lowest BCUT2D eigenvalue weighted by atomic mass is 9.81. The highest BCUT2D eigenvalue weighted by Gasteiger charge is 2.50. The Balaban J connectivity index is 1.45. The van der Waals surface area contributed by atoms with E-state index < -0.39 is 5.54 Å². The molecule has 8 nitrogen and oxygen atoms in total. The van der Waals surface area contributed by atoms with Crippen LogP contribution in [0.15, 0.2) is 75.0 Å². The number of rotatable bonds is 4. The minimum Gasteiger partial charge on any atom is -0.467 e. The van der Waals surface area contributed by atoms with Gasteiger partial charge in [-0.05, 0) is 36.7 Å². The number of fused-ring (bicyclic) bond motifs is 1. The van der Waals surface area contributed by atoms with E-state index in [2.05, 4.69) is 50.7 Å². The van der Waals surface area contributed by atoms with Crippen molar-refractivity contribution in [2.24, 2.45) is 27.4 Å². The van der Waals surface area contributed by atoms with E-state index in [1.54, 1.807) is 11.3 Å². The fourth-order valence-electron chi connectivity index (χ4n) is 4.35. The number of nitrogens with one attached hydrogen (secondary N) is 1. The summed E-state index contributed by atoms with van der Waals surface area (Å²) in [6.45, 7) is 2.87. The zero-order valence-corrected chi connectivity index (χ0v) is 15.5. The summed E-state index contributed by atoms with van der Waals surface area (Å²) in [5, 5.41) is 1.69. The number of benzene rings is 1. The summed E-state index contributed by atoms with van der Waals surface area (Å²) in [6, 6.07) is 14.4. The number of guanidine groups is 2. The van der Waals surface area contributed by atoms with Crippen LogP contribution in [0.3, 0.4) is 0 Å². The molecule has 1 aromatic carbocycles. The first kappa shape index (κ1) is 17.0. The summed E-state index contributed by atoms with van der Waals surface area (Å²) in [5.74, 6) is 2.22. The summed E-state index contributed by atoms with van der Waals surface area (Å²) < 4.78 is 5.84. The molecule has 2 aromatic rings. The maximum Gasteiger partial charge on any atom is 0.225 e. The zero-order valence-electron chi connectivity index (χ0n) is 15.5. The number of hydrazine groups is 1. The fourth-order valence-corrected chi connectivity index (χ4v) is 4.35. The van der Waals surface area contributed by atoms with E-state index in [0.717, 1.165) is 31.8 Å². The van der Waals surface area contributed by atoms with Crippen LogP contribution in [0.1, 0.15) is 17.7 Å². The molecule has 8 heteroatoms. The molecule has 5 N–H and O–H groups in total. The minimum atomic E-state index is -0.543. The molecule has 0 spiro atoms. The van der Waals surface area contributed by atoms with Gasteiger partial charge in [0.15, 0.2) is 5.82 Å². The van der Waals surface area contributed by atoms with Crippen molar-refractivity contribution < 1.29 is 4.42 Å². The lowest BCUT2D eigenvalue weighted by Gasteiger charge is -2.34. The van der Waals surface area contributed by atoms with Crippen molar-refractivity contribution in [3.63, 3.8) is 0 Å². The van der Waals surface area contributed by atoms with Crippen molar-refractivity contribution in [1.82, 2.24) is 15.3 Å². The van der Waals surface area contributed by atoms with Crippen LogP contribution in [0.4, 0.5) is 0 Å². The fraction of sp³-hybridized carbons (Fsp3) is 0.300. The molecule has 0 radical (unpaired) electrons. The summed E-state index contributed by atoms with van der Waals surface area (Å²) in [6.07, 6.45) is 4.78. The van der Waals surface area contributed by atoms with Crippen LogP contribution >= 0.6 is 0 Å². The molecule has 3 aliphatic rings. The molecular weight excluding hydrogens is 354 g/mol. The Morgan fingerprint density at radius 2 is 2.00 bits per heavy atom. The Kier molecular flexibility index (Phi) is 3.96. The number of furan rings is 1. The Hall–Kier alpha value is -3.10. The summed E-state index contributed by atoms with van der Waals surface area (Å²) in [5.41, 5.74) is 16.2. The quantitative estimate of drug-likeness (QED) is 0.741. The molecule has 0 saturated carbocycles. The van der Waals surface area contributed by atoms with Crippen molar-refractivity contribution >= 4 is 11.9 Å². The van der Waals surface area contributed by atoms with Gasteiger partial charge in [0.2, 0.25) is 11.9 Å². The van der Waals surface area contributed by atoms with Crippen LogP contribution in [-0.4, -0.2) is 34.9 Å². The van der Waals surface area contributed by atoms with Crippen molar-refractivity contribution in [3.05, 3.63) is 71.9 Å². The first-order valence-electron chi connectivity index (χ1n) is 9.43. The van der Waals surface area contributed by atoms with Gasteiger partial charge in [0.1, 0.15) is 11.3 Å². The topological polar surface area (TPSA) is 108 Å². The number of hydrogen-bond acceptors (Lipinski definition) is 8. The minimum absolute atomic E-state index is 0.161. The largest absolute Gasteiger partial charge is 0.467 e. The second-order valence-electron chi connectivity index (χ2n) is 7.44. The highest BCUT2D eigenvalue weighted by Crippen LogP contribution is 2.43. The molecule has 2 unspecified atom stereocenters. The third-order valence-electron chi connectivity index (χ3n) is 5.66. The van der Waals surface area contributed by atoms with Crippen molar-refractivity contribution in [2.75, 3.05) is 13.1 Å². The SMILES string of the molecule is NC1=NC2=CC(c3ccco3)(C3CCN(Cc4ccccc4)C3)NN2C(N)=N1. The third kappa shape index (κ3) is 2.78. The summed E-state index contributed by atoms with van der Waals surface area (Å²) in [7, 11) is 0. The van der Waals surface area contributed by atoms with Gasteiger partial charge in [0, 0.05) is 19.0 Å². The van der Waals surface area contributed by atoms with Gasteiger partial charge >= 0.3 is 0 Å². The molecule has 2 atom stereocenters. The number of hydrogen-bond donors (Lipinski definition) is 3. The van der Waals surface area contributed by atoms with Gasteiger partial charge in [0.05, 0.1) is 6.26 Å². The van der Waals surface area contributed by atoms with Crippen LogP contribution in [-0.2, 0) is 12.1 Å². The Bertz CT molecular complexity index is 950. The van der Waals surface area contributed by atoms with Gasteiger partial charge in [-0.25, -0.2) is 10.4 Å². The van der Waals surface area contributed by atoms with Crippen LogP contribution in [0.5, 0.6) is 0 Å². The van der Waals surface area contributed by atoms with E-state index in [-0.39, 0.29) is 17.8 Å². The molecule has 144 valence electrons. The average Bonchev–Trinajstić information content (AvgIpc) is 3.42. The highest BCUT2D eigenvalue weighted by molar-refractivity contribution is 5.96. The van der Waals surface area contributed by atoms with Crippen LogP contribution in [0.25, 0.3) is 0 Å². The molecule has 4 heterocycles. The number of likely N-dealkylation sites (tertiary alicyclic amines) is 1. The first-order chi connectivity index (χ1) is 13.6. The lowest BCUT2D eigenvalue weighted by Crippen LogP contribution is -2.54. The van der Waals surface area contributed by atoms with E-state index >= 15 is 0 Å². The van der Waals surface area contributed by atoms with E-state index in [1.807, 2.05) is 18.2 Å². The van der Waals surface area contributed by atoms with Crippen LogP contribution in [0, 0.1) is 5.92 Å². The molecule has 3 aliphatic heterocycles. The molecular formula is C20H23N7O. The molecule has 0 amide bonds. The van der Waals surface area contributed by atoms with Gasteiger partial charge in [-0.1, -0.05) is 30.3 Å². The molecule has 1 aromatic heterocycles. The Morgan fingerprint density at radius 3 is 2.79 bits per heavy atom. The van der Waals surface area contributed by atoms with Crippen molar-refractivity contribution in [3.8, 4) is 0 Å². The number of nitrogens with zero attached hydrogens (tertiary/aromatic N) is 4. The molecule has 0 aliphatic carbocycles. The van der Waals surface area contributed by atoms with Gasteiger partial charge < -0.3 is 15.9 Å². The van der Waals surface area contributed by atoms with Crippen LogP contribution < -0.4 is 16.9 Å². The average molecular weight is 377 g/mol. The van der Waals surface area contributed by atoms with Crippen molar-refractivity contribution in [1.29, 1.82) is 0 Å². The van der Waals surface area contributed by atoms with Gasteiger partial charge in [-0.3, -0.25) is 4.90 Å². The van der Waals surface area contributed by atoms with Crippen molar-refractivity contribution in [2.45, 2.75) is 18.5 Å². The second kappa shape index (κ2) is 6.50. The molecule has 5 rings (SSSR count). The molecule has 28 heavy (non-hydrogen) atoms. The van der Waals surface area contributed by atoms with Gasteiger partial charge in [-0.2, -0.15) is 9.98 Å². The summed E-state index contributed by atoms with van der Waals surface area (Å²) >= 11 is 0. The maximum absolute atomic E-state index is 6.08. The number of nitrogens with two attached hydrogens (primary N) is 2.